The van der Waals surface area contributed by atoms with Gasteiger partial charge in [-0.25, -0.2) is 0 Å². The van der Waals surface area contributed by atoms with Crippen LogP contribution >= 0.6 is 0 Å². The fraction of sp³-hybridized carbons (Fsp3) is 0.500. The standard InChI is InChI=1S/C14H20N2O/c1-16(2)13-9-5-6-11(10-13)14(17)15-12-7-3-4-8-12/h5-6,9-10,12H,3-4,7-8H2,1-2H3,(H,15,17). The number of nitrogens with zero attached hydrogens (tertiary/aromatic N) is 1. The third kappa shape index (κ3) is 2.99. The Morgan fingerprint density at radius 2 is 2.00 bits per heavy atom. The number of hydrogen-bond donors (Lipinski definition) is 1. The first-order valence-electron chi connectivity index (χ1n) is 6.25. The topological polar surface area (TPSA) is 32.3 Å². The predicted octanol–water partition coefficient (Wildman–Crippen LogP) is 2.43. The average Bonchev–Trinajstić information content (AvgIpc) is 2.82. The van der Waals surface area contributed by atoms with Crippen LogP contribution in [0.2, 0.25) is 0 Å². The van der Waals surface area contributed by atoms with Gasteiger partial charge in [0.25, 0.3) is 5.91 Å². The molecule has 0 aliphatic heterocycles. The third-order valence-corrected chi connectivity index (χ3v) is 3.32. The molecule has 0 bridgehead atoms. The minimum atomic E-state index is 0.0561. The van der Waals surface area contributed by atoms with Crippen molar-refractivity contribution < 1.29 is 4.79 Å². The summed E-state index contributed by atoms with van der Waals surface area (Å²) in [5.74, 6) is 0.0561. The Labute approximate surface area is 103 Å². The summed E-state index contributed by atoms with van der Waals surface area (Å²) in [5, 5.41) is 3.10. The van der Waals surface area contributed by atoms with E-state index >= 15 is 0 Å². The highest BCUT2D eigenvalue weighted by Gasteiger charge is 2.17. The van der Waals surface area contributed by atoms with Crippen LogP contribution in [0.1, 0.15) is 36.0 Å². The van der Waals surface area contributed by atoms with Gasteiger partial charge in [-0.2, -0.15) is 0 Å². The van der Waals surface area contributed by atoms with E-state index in [0.29, 0.717) is 6.04 Å². The Bertz CT molecular complexity index is 395. The molecule has 1 saturated carbocycles. The van der Waals surface area contributed by atoms with Crippen LogP contribution in [0.3, 0.4) is 0 Å². The second-order valence-corrected chi connectivity index (χ2v) is 4.90. The first kappa shape index (κ1) is 12.0. The van der Waals surface area contributed by atoms with Crippen molar-refractivity contribution in [3.05, 3.63) is 29.8 Å². The molecule has 17 heavy (non-hydrogen) atoms. The summed E-state index contributed by atoms with van der Waals surface area (Å²) in [6.07, 6.45) is 4.73. The molecular formula is C14H20N2O. The molecule has 0 atom stereocenters. The van der Waals surface area contributed by atoms with E-state index < -0.39 is 0 Å². The zero-order valence-corrected chi connectivity index (χ0v) is 10.6. The van der Waals surface area contributed by atoms with Crippen molar-refractivity contribution in [2.75, 3.05) is 19.0 Å². The molecule has 1 amide bonds. The molecule has 3 nitrogen and oxygen atoms in total. The molecule has 1 aliphatic carbocycles. The van der Waals surface area contributed by atoms with Gasteiger partial charge in [-0.15, -0.1) is 0 Å². The Morgan fingerprint density at radius 3 is 2.65 bits per heavy atom. The smallest absolute Gasteiger partial charge is 0.251 e. The van der Waals surface area contributed by atoms with Crippen LogP contribution in [0, 0.1) is 0 Å². The van der Waals surface area contributed by atoms with Crippen LogP contribution in [0.5, 0.6) is 0 Å². The summed E-state index contributed by atoms with van der Waals surface area (Å²) < 4.78 is 0. The van der Waals surface area contributed by atoms with Gasteiger partial charge < -0.3 is 10.2 Å². The van der Waals surface area contributed by atoms with E-state index in [2.05, 4.69) is 5.32 Å². The molecule has 0 spiro atoms. The SMILES string of the molecule is CN(C)c1cccc(C(=O)NC2CCCC2)c1. The zero-order chi connectivity index (χ0) is 12.3. The van der Waals surface area contributed by atoms with E-state index in [1.165, 1.54) is 12.8 Å². The highest BCUT2D eigenvalue weighted by Crippen LogP contribution is 2.19. The zero-order valence-electron chi connectivity index (χ0n) is 10.6. The van der Waals surface area contributed by atoms with Gasteiger partial charge in [0.15, 0.2) is 0 Å². The van der Waals surface area contributed by atoms with Gasteiger partial charge in [-0.1, -0.05) is 18.9 Å². The molecule has 1 aromatic carbocycles. The van der Waals surface area contributed by atoms with Crippen LogP contribution in [0.4, 0.5) is 5.69 Å². The molecule has 0 aromatic heterocycles. The number of rotatable bonds is 3. The number of nitrogens with one attached hydrogen (secondary N) is 1. The lowest BCUT2D eigenvalue weighted by atomic mass is 10.1. The van der Waals surface area contributed by atoms with Crippen LogP contribution < -0.4 is 10.2 Å². The molecule has 1 aromatic rings. The maximum Gasteiger partial charge on any atom is 0.251 e. The Balaban J connectivity index is 2.05. The van der Waals surface area contributed by atoms with E-state index in [0.717, 1.165) is 24.1 Å². The van der Waals surface area contributed by atoms with Crippen molar-refractivity contribution in [1.82, 2.24) is 5.32 Å². The molecule has 0 heterocycles. The lowest BCUT2D eigenvalue weighted by Gasteiger charge is -2.15. The summed E-state index contributed by atoms with van der Waals surface area (Å²) in [5.41, 5.74) is 1.81. The molecule has 1 aliphatic rings. The highest BCUT2D eigenvalue weighted by molar-refractivity contribution is 5.95. The van der Waals surface area contributed by atoms with E-state index in [-0.39, 0.29) is 5.91 Å². The summed E-state index contributed by atoms with van der Waals surface area (Å²) in [6, 6.07) is 8.12. The monoisotopic (exact) mass is 232 g/mol. The number of anilines is 1. The molecule has 3 heteroatoms. The normalized spacial score (nSPS) is 15.9. The van der Waals surface area contributed by atoms with Crippen molar-refractivity contribution >= 4 is 11.6 Å². The minimum absolute atomic E-state index is 0.0561. The summed E-state index contributed by atoms with van der Waals surface area (Å²) in [7, 11) is 3.96. The Hall–Kier alpha value is -1.51. The fourth-order valence-electron chi connectivity index (χ4n) is 2.26. The number of benzene rings is 1. The molecule has 92 valence electrons. The third-order valence-electron chi connectivity index (χ3n) is 3.32. The van der Waals surface area contributed by atoms with Crippen molar-refractivity contribution in [3.63, 3.8) is 0 Å². The maximum atomic E-state index is 12.0. The Morgan fingerprint density at radius 1 is 1.29 bits per heavy atom. The molecular weight excluding hydrogens is 212 g/mol. The van der Waals surface area contributed by atoms with Gasteiger partial charge in [0.1, 0.15) is 0 Å². The van der Waals surface area contributed by atoms with Gasteiger partial charge in [-0.3, -0.25) is 4.79 Å². The second kappa shape index (κ2) is 5.21. The van der Waals surface area contributed by atoms with Crippen molar-refractivity contribution in [1.29, 1.82) is 0 Å². The molecule has 1 fully saturated rings. The summed E-state index contributed by atoms with van der Waals surface area (Å²) in [6.45, 7) is 0. The van der Waals surface area contributed by atoms with Gasteiger partial charge in [0.05, 0.1) is 0 Å². The van der Waals surface area contributed by atoms with E-state index in [1.807, 2.05) is 43.3 Å². The van der Waals surface area contributed by atoms with Crippen LogP contribution in [-0.2, 0) is 0 Å². The summed E-state index contributed by atoms with van der Waals surface area (Å²) >= 11 is 0. The number of amides is 1. The van der Waals surface area contributed by atoms with Crippen LogP contribution in [0.15, 0.2) is 24.3 Å². The Kier molecular flexibility index (Phi) is 3.67. The molecule has 0 radical (unpaired) electrons. The van der Waals surface area contributed by atoms with Gasteiger partial charge >= 0.3 is 0 Å². The number of hydrogen-bond acceptors (Lipinski definition) is 2. The van der Waals surface area contributed by atoms with Crippen LogP contribution in [-0.4, -0.2) is 26.0 Å². The second-order valence-electron chi connectivity index (χ2n) is 4.90. The van der Waals surface area contributed by atoms with Gasteiger partial charge in [0, 0.05) is 31.4 Å². The van der Waals surface area contributed by atoms with Crippen molar-refractivity contribution in [2.45, 2.75) is 31.7 Å². The molecule has 1 N–H and O–H groups in total. The molecule has 2 rings (SSSR count). The predicted molar refractivity (Wildman–Crippen MR) is 70.5 cm³/mol. The van der Waals surface area contributed by atoms with E-state index in [4.69, 9.17) is 0 Å². The van der Waals surface area contributed by atoms with E-state index in [1.54, 1.807) is 0 Å². The molecule has 0 unspecified atom stereocenters. The van der Waals surface area contributed by atoms with Crippen LogP contribution in [0.25, 0.3) is 0 Å². The lowest BCUT2D eigenvalue weighted by molar-refractivity contribution is 0.0938. The first-order chi connectivity index (χ1) is 8.16. The maximum absolute atomic E-state index is 12.0. The number of carbonyl (C=O) groups excluding carboxylic acids is 1. The largest absolute Gasteiger partial charge is 0.378 e. The van der Waals surface area contributed by atoms with Crippen molar-refractivity contribution in [2.24, 2.45) is 0 Å². The van der Waals surface area contributed by atoms with Crippen molar-refractivity contribution in [3.8, 4) is 0 Å². The quantitative estimate of drug-likeness (QED) is 0.868. The van der Waals surface area contributed by atoms with Gasteiger partial charge in [0.2, 0.25) is 0 Å². The molecule has 0 saturated heterocycles. The van der Waals surface area contributed by atoms with Gasteiger partial charge in [-0.05, 0) is 31.0 Å². The highest BCUT2D eigenvalue weighted by atomic mass is 16.1. The fourth-order valence-corrected chi connectivity index (χ4v) is 2.26. The number of carbonyl (C=O) groups is 1. The summed E-state index contributed by atoms with van der Waals surface area (Å²) in [4.78, 5) is 14.1. The lowest BCUT2D eigenvalue weighted by Crippen LogP contribution is -2.32. The van der Waals surface area contributed by atoms with E-state index in [9.17, 15) is 4.79 Å². The average molecular weight is 232 g/mol. The minimum Gasteiger partial charge on any atom is -0.378 e. The first-order valence-corrected chi connectivity index (χ1v) is 6.25.